The van der Waals surface area contributed by atoms with Crippen LogP contribution in [0.5, 0.6) is 0 Å². The van der Waals surface area contributed by atoms with Gasteiger partial charge in [0, 0.05) is 30.2 Å². The van der Waals surface area contributed by atoms with E-state index in [0.717, 1.165) is 12.8 Å². The first-order valence-electron chi connectivity index (χ1n) is 7.98. The number of hydrogen-bond donors (Lipinski definition) is 2. The van der Waals surface area contributed by atoms with E-state index in [1.54, 1.807) is 12.1 Å². The van der Waals surface area contributed by atoms with Crippen molar-refractivity contribution < 1.29 is 14.8 Å². The molecule has 1 atom stereocenters. The van der Waals surface area contributed by atoms with Gasteiger partial charge in [0.2, 0.25) is 0 Å². The molecule has 1 aliphatic heterocycles. The zero-order valence-electron chi connectivity index (χ0n) is 13.7. The third kappa shape index (κ3) is 4.29. The molecule has 1 heterocycles. The molecule has 0 aliphatic carbocycles. The summed E-state index contributed by atoms with van der Waals surface area (Å²) < 4.78 is 0. The van der Waals surface area contributed by atoms with Crippen LogP contribution in [0.3, 0.4) is 0 Å². The number of benzene rings is 1. The molecule has 132 valence electrons. The summed E-state index contributed by atoms with van der Waals surface area (Å²) >= 11 is 5.86. The molecule has 1 unspecified atom stereocenters. The predicted molar refractivity (Wildman–Crippen MR) is 92.8 cm³/mol. The SMILES string of the molecule is CC(C)C(NC(=O)O)C1CCN(c2ccc(Cl)cc2[N+](=O)[O-])CC1. The van der Waals surface area contributed by atoms with Gasteiger partial charge >= 0.3 is 6.09 Å². The van der Waals surface area contributed by atoms with Crippen LogP contribution in [-0.4, -0.2) is 35.3 Å². The molecule has 0 radical (unpaired) electrons. The van der Waals surface area contributed by atoms with E-state index in [2.05, 4.69) is 5.32 Å². The van der Waals surface area contributed by atoms with Gasteiger partial charge in [0.05, 0.1) is 4.92 Å². The molecular formula is C16H22ClN3O4. The minimum atomic E-state index is -1.01. The van der Waals surface area contributed by atoms with Crippen LogP contribution in [0.25, 0.3) is 0 Å². The van der Waals surface area contributed by atoms with Crippen molar-refractivity contribution in [1.29, 1.82) is 0 Å². The molecule has 0 spiro atoms. The van der Waals surface area contributed by atoms with Gasteiger partial charge in [-0.15, -0.1) is 0 Å². The fraction of sp³-hybridized carbons (Fsp3) is 0.562. The second-order valence-electron chi connectivity index (χ2n) is 6.43. The Balaban J connectivity index is 2.10. The van der Waals surface area contributed by atoms with Crippen LogP contribution in [0.4, 0.5) is 16.2 Å². The van der Waals surface area contributed by atoms with Crippen molar-refractivity contribution in [3.63, 3.8) is 0 Å². The van der Waals surface area contributed by atoms with Crippen molar-refractivity contribution >= 4 is 29.1 Å². The third-order valence-corrected chi connectivity index (χ3v) is 4.77. The van der Waals surface area contributed by atoms with Gasteiger partial charge in [0.25, 0.3) is 5.69 Å². The first-order chi connectivity index (χ1) is 11.3. The molecule has 1 aromatic carbocycles. The lowest BCUT2D eigenvalue weighted by atomic mass is 9.83. The maximum atomic E-state index is 11.2. The maximum absolute atomic E-state index is 11.2. The smallest absolute Gasteiger partial charge is 0.404 e. The number of rotatable bonds is 5. The number of carboxylic acid groups (broad SMARTS) is 1. The molecule has 2 rings (SSSR count). The topological polar surface area (TPSA) is 95.7 Å². The maximum Gasteiger partial charge on any atom is 0.404 e. The molecule has 7 nitrogen and oxygen atoms in total. The predicted octanol–water partition coefficient (Wildman–Crippen LogP) is 3.76. The lowest BCUT2D eigenvalue weighted by Gasteiger charge is -2.38. The van der Waals surface area contributed by atoms with E-state index < -0.39 is 11.0 Å². The Morgan fingerprint density at radius 2 is 2.04 bits per heavy atom. The van der Waals surface area contributed by atoms with E-state index in [-0.39, 0.29) is 23.6 Å². The van der Waals surface area contributed by atoms with Crippen LogP contribution in [-0.2, 0) is 0 Å². The second-order valence-corrected chi connectivity index (χ2v) is 6.87. The summed E-state index contributed by atoms with van der Waals surface area (Å²) in [5.74, 6) is 0.422. The fourth-order valence-corrected chi connectivity index (χ4v) is 3.55. The molecule has 1 fully saturated rings. The summed E-state index contributed by atoms with van der Waals surface area (Å²) in [5, 5.41) is 23.2. The first-order valence-corrected chi connectivity index (χ1v) is 8.35. The number of nitro benzene ring substituents is 1. The zero-order chi connectivity index (χ0) is 17.9. The van der Waals surface area contributed by atoms with Gasteiger partial charge < -0.3 is 15.3 Å². The molecular weight excluding hydrogens is 334 g/mol. The van der Waals surface area contributed by atoms with E-state index in [9.17, 15) is 14.9 Å². The van der Waals surface area contributed by atoms with E-state index in [1.807, 2.05) is 18.7 Å². The molecule has 2 N–H and O–H groups in total. The molecule has 0 aromatic heterocycles. The Labute approximate surface area is 145 Å². The first kappa shape index (κ1) is 18.3. The number of piperidine rings is 1. The number of carbonyl (C=O) groups is 1. The molecule has 8 heteroatoms. The summed E-state index contributed by atoms with van der Waals surface area (Å²) in [4.78, 5) is 23.8. The van der Waals surface area contributed by atoms with Gasteiger partial charge in [-0.2, -0.15) is 0 Å². The Morgan fingerprint density at radius 3 is 2.54 bits per heavy atom. The summed E-state index contributed by atoms with van der Waals surface area (Å²) in [5.41, 5.74) is 0.570. The lowest BCUT2D eigenvalue weighted by molar-refractivity contribution is -0.384. The van der Waals surface area contributed by atoms with Crippen LogP contribution in [0.2, 0.25) is 5.02 Å². The van der Waals surface area contributed by atoms with Crippen LogP contribution in [0.15, 0.2) is 18.2 Å². The van der Waals surface area contributed by atoms with E-state index in [0.29, 0.717) is 23.8 Å². The average molecular weight is 356 g/mol. The highest BCUT2D eigenvalue weighted by molar-refractivity contribution is 6.30. The highest BCUT2D eigenvalue weighted by Crippen LogP contribution is 2.34. The highest BCUT2D eigenvalue weighted by Gasteiger charge is 2.31. The van der Waals surface area contributed by atoms with Crippen LogP contribution in [0, 0.1) is 22.0 Å². The van der Waals surface area contributed by atoms with E-state index in [1.165, 1.54) is 6.07 Å². The van der Waals surface area contributed by atoms with E-state index in [4.69, 9.17) is 16.7 Å². The molecule has 1 amide bonds. The zero-order valence-corrected chi connectivity index (χ0v) is 14.5. The number of hydrogen-bond acceptors (Lipinski definition) is 4. The van der Waals surface area contributed by atoms with Gasteiger partial charge in [-0.3, -0.25) is 10.1 Å². The molecule has 1 saturated heterocycles. The summed E-state index contributed by atoms with van der Waals surface area (Å²) in [6.07, 6.45) is 0.552. The van der Waals surface area contributed by atoms with Gasteiger partial charge in [-0.05, 0) is 36.8 Å². The standard InChI is InChI=1S/C16H22ClN3O4/c1-10(2)15(18-16(21)22)11-5-7-19(8-6-11)13-4-3-12(17)9-14(13)20(23)24/h3-4,9-11,15,18H,5-8H2,1-2H3,(H,21,22). The number of amides is 1. The number of anilines is 1. The Hall–Kier alpha value is -2.02. The Kier molecular flexibility index (Phi) is 5.88. The van der Waals surface area contributed by atoms with Crippen molar-refractivity contribution in [2.45, 2.75) is 32.7 Å². The van der Waals surface area contributed by atoms with Gasteiger partial charge in [-0.25, -0.2) is 4.79 Å². The minimum absolute atomic E-state index is 0.00465. The van der Waals surface area contributed by atoms with Gasteiger partial charge in [0.1, 0.15) is 5.69 Å². The lowest BCUT2D eigenvalue weighted by Crippen LogP contribution is -2.47. The number of halogens is 1. The van der Waals surface area contributed by atoms with Crippen LogP contribution in [0.1, 0.15) is 26.7 Å². The monoisotopic (exact) mass is 355 g/mol. The van der Waals surface area contributed by atoms with Gasteiger partial charge in [-0.1, -0.05) is 25.4 Å². The van der Waals surface area contributed by atoms with Crippen molar-refractivity contribution in [1.82, 2.24) is 5.32 Å². The molecule has 24 heavy (non-hydrogen) atoms. The Morgan fingerprint density at radius 1 is 1.42 bits per heavy atom. The van der Waals surface area contributed by atoms with E-state index >= 15 is 0 Å². The minimum Gasteiger partial charge on any atom is -0.465 e. The quantitative estimate of drug-likeness (QED) is 0.619. The number of nitrogens with zero attached hydrogens (tertiary/aromatic N) is 2. The molecule has 1 aromatic rings. The summed E-state index contributed by atoms with van der Waals surface area (Å²) in [7, 11) is 0. The highest BCUT2D eigenvalue weighted by atomic mass is 35.5. The van der Waals surface area contributed by atoms with Crippen LogP contribution < -0.4 is 10.2 Å². The largest absolute Gasteiger partial charge is 0.465 e. The van der Waals surface area contributed by atoms with Crippen molar-refractivity contribution in [3.05, 3.63) is 33.3 Å². The Bertz CT molecular complexity index is 615. The summed E-state index contributed by atoms with van der Waals surface area (Å²) in [6.45, 7) is 5.29. The summed E-state index contributed by atoms with van der Waals surface area (Å²) in [6, 6.07) is 4.59. The average Bonchev–Trinajstić information content (AvgIpc) is 2.52. The second kappa shape index (κ2) is 7.70. The molecule has 0 saturated carbocycles. The molecule has 1 aliphatic rings. The number of nitrogens with one attached hydrogen (secondary N) is 1. The normalized spacial score (nSPS) is 16.9. The van der Waals surface area contributed by atoms with Crippen LogP contribution >= 0.6 is 11.6 Å². The molecule has 0 bridgehead atoms. The van der Waals surface area contributed by atoms with Gasteiger partial charge in [0.15, 0.2) is 0 Å². The number of nitro groups is 1. The third-order valence-electron chi connectivity index (χ3n) is 4.53. The fourth-order valence-electron chi connectivity index (χ4n) is 3.38. The van der Waals surface area contributed by atoms with Crippen molar-refractivity contribution in [3.8, 4) is 0 Å². The van der Waals surface area contributed by atoms with Crippen molar-refractivity contribution in [2.75, 3.05) is 18.0 Å². The van der Waals surface area contributed by atoms with Crippen molar-refractivity contribution in [2.24, 2.45) is 11.8 Å².